The van der Waals surface area contributed by atoms with Gasteiger partial charge in [-0.25, -0.2) is 0 Å². The number of rotatable bonds is 7. The SMILES string of the molecule is CC(C)C(CCO)NC(c1ccccc1)c1ccco1. The fourth-order valence-corrected chi connectivity index (χ4v) is 2.41. The van der Waals surface area contributed by atoms with Crippen molar-refractivity contribution >= 4 is 0 Å². The van der Waals surface area contributed by atoms with Crippen molar-refractivity contribution in [2.45, 2.75) is 32.4 Å². The zero-order valence-corrected chi connectivity index (χ0v) is 12.1. The Labute approximate surface area is 120 Å². The topological polar surface area (TPSA) is 45.4 Å². The molecule has 2 aromatic rings. The molecule has 0 fully saturated rings. The van der Waals surface area contributed by atoms with Gasteiger partial charge in [0.25, 0.3) is 0 Å². The minimum Gasteiger partial charge on any atom is -0.467 e. The molecule has 0 spiro atoms. The second kappa shape index (κ2) is 7.27. The van der Waals surface area contributed by atoms with E-state index in [0.29, 0.717) is 5.92 Å². The maximum atomic E-state index is 9.24. The van der Waals surface area contributed by atoms with Gasteiger partial charge in [-0.1, -0.05) is 44.2 Å². The van der Waals surface area contributed by atoms with Crippen LogP contribution in [0.5, 0.6) is 0 Å². The van der Waals surface area contributed by atoms with Crippen LogP contribution in [0.25, 0.3) is 0 Å². The Kier molecular flexibility index (Phi) is 5.39. The van der Waals surface area contributed by atoms with Crippen molar-refractivity contribution in [3.63, 3.8) is 0 Å². The Morgan fingerprint density at radius 3 is 2.40 bits per heavy atom. The third-order valence-electron chi connectivity index (χ3n) is 3.59. The predicted molar refractivity (Wildman–Crippen MR) is 80.5 cm³/mol. The predicted octanol–water partition coefficient (Wildman–Crippen LogP) is 3.37. The van der Waals surface area contributed by atoms with Gasteiger partial charge < -0.3 is 14.8 Å². The smallest absolute Gasteiger partial charge is 0.125 e. The average Bonchev–Trinajstić information content (AvgIpc) is 2.98. The fourth-order valence-electron chi connectivity index (χ4n) is 2.41. The molecule has 20 heavy (non-hydrogen) atoms. The minimum absolute atomic E-state index is 0.0187. The van der Waals surface area contributed by atoms with E-state index in [1.54, 1.807) is 6.26 Å². The largest absolute Gasteiger partial charge is 0.467 e. The number of aliphatic hydroxyl groups excluding tert-OH is 1. The molecular formula is C17H23NO2. The molecule has 0 saturated heterocycles. The summed E-state index contributed by atoms with van der Waals surface area (Å²) in [6, 6.07) is 14.4. The van der Waals surface area contributed by atoms with E-state index in [0.717, 1.165) is 12.2 Å². The third kappa shape index (κ3) is 3.71. The number of furan rings is 1. The summed E-state index contributed by atoms with van der Waals surface area (Å²) in [5, 5.41) is 12.9. The van der Waals surface area contributed by atoms with Gasteiger partial charge in [-0.05, 0) is 30.0 Å². The zero-order valence-electron chi connectivity index (χ0n) is 12.1. The second-order valence-electron chi connectivity index (χ2n) is 5.39. The van der Waals surface area contributed by atoms with Crippen LogP contribution in [0.4, 0.5) is 0 Å². The van der Waals surface area contributed by atoms with Crippen LogP contribution in [-0.2, 0) is 0 Å². The van der Waals surface area contributed by atoms with E-state index in [1.807, 2.05) is 30.3 Å². The van der Waals surface area contributed by atoms with Gasteiger partial charge in [-0.2, -0.15) is 0 Å². The summed E-state index contributed by atoms with van der Waals surface area (Å²) in [6.45, 7) is 4.52. The molecule has 0 saturated carbocycles. The Bertz CT molecular complexity index is 479. The number of nitrogens with one attached hydrogen (secondary N) is 1. The maximum Gasteiger partial charge on any atom is 0.125 e. The van der Waals surface area contributed by atoms with Crippen molar-refractivity contribution in [3.05, 3.63) is 60.1 Å². The van der Waals surface area contributed by atoms with E-state index in [4.69, 9.17) is 4.42 Å². The lowest BCUT2D eigenvalue weighted by molar-refractivity contribution is 0.235. The summed E-state index contributed by atoms with van der Waals surface area (Å²) >= 11 is 0. The van der Waals surface area contributed by atoms with E-state index in [9.17, 15) is 5.11 Å². The molecule has 2 atom stereocenters. The van der Waals surface area contributed by atoms with Crippen molar-refractivity contribution < 1.29 is 9.52 Å². The highest BCUT2D eigenvalue weighted by atomic mass is 16.3. The molecule has 3 nitrogen and oxygen atoms in total. The lowest BCUT2D eigenvalue weighted by Crippen LogP contribution is -2.37. The molecule has 0 radical (unpaired) electrons. The molecule has 3 heteroatoms. The van der Waals surface area contributed by atoms with E-state index < -0.39 is 0 Å². The van der Waals surface area contributed by atoms with E-state index >= 15 is 0 Å². The lowest BCUT2D eigenvalue weighted by atomic mass is 9.97. The summed E-state index contributed by atoms with van der Waals surface area (Å²) in [5.74, 6) is 1.35. The number of aliphatic hydroxyl groups is 1. The molecule has 0 aliphatic rings. The van der Waals surface area contributed by atoms with E-state index in [2.05, 4.69) is 31.3 Å². The van der Waals surface area contributed by atoms with Gasteiger partial charge in [0.05, 0.1) is 12.3 Å². The highest BCUT2D eigenvalue weighted by Crippen LogP contribution is 2.24. The minimum atomic E-state index is 0.0187. The molecule has 0 amide bonds. The molecule has 0 aliphatic carbocycles. The van der Waals surface area contributed by atoms with Gasteiger partial charge in [0.15, 0.2) is 0 Å². The van der Waals surface area contributed by atoms with Crippen LogP contribution < -0.4 is 5.32 Å². The highest BCUT2D eigenvalue weighted by Gasteiger charge is 2.22. The summed E-state index contributed by atoms with van der Waals surface area (Å²) in [7, 11) is 0. The quantitative estimate of drug-likeness (QED) is 0.813. The third-order valence-corrected chi connectivity index (χ3v) is 3.59. The molecule has 1 heterocycles. The molecule has 1 aromatic heterocycles. The van der Waals surface area contributed by atoms with Crippen molar-refractivity contribution in [3.8, 4) is 0 Å². The summed E-state index contributed by atoms with van der Waals surface area (Å²) < 4.78 is 5.58. The molecule has 2 rings (SSSR count). The van der Waals surface area contributed by atoms with Gasteiger partial charge in [-0.3, -0.25) is 0 Å². The molecule has 2 unspecified atom stereocenters. The fraction of sp³-hybridized carbons (Fsp3) is 0.412. The van der Waals surface area contributed by atoms with Crippen LogP contribution >= 0.6 is 0 Å². The number of benzene rings is 1. The van der Waals surface area contributed by atoms with Crippen molar-refractivity contribution in [1.29, 1.82) is 0 Å². The van der Waals surface area contributed by atoms with Crippen molar-refractivity contribution in [2.24, 2.45) is 5.92 Å². The van der Waals surface area contributed by atoms with Gasteiger partial charge in [0.2, 0.25) is 0 Å². The first-order chi connectivity index (χ1) is 9.72. The van der Waals surface area contributed by atoms with Crippen LogP contribution in [0.15, 0.2) is 53.1 Å². The highest BCUT2D eigenvalue weighted by molar-refractivity contribution is 5.26. The van der Waals surface area contributed by atoms with Crippen molar-refractivity contribution in [2.75, 3.05) is 6.61 Å². The van der Waals surface area contributed by atoms with Crippen LogP contribution in [0.1, 0.15) is 37.6 Å². The van der Waals surface area contributed by atoms with E-state index in [1.165, 1.54) is 5.56 Å². The Hall–Kier alpha value is -1.58. The first kappa shape index (κ1) is 14.8. The first-order valence-corrected chi connectivity index (χ1v) is 7.17. The summed E-state index contributed by atoms with van der Waals surface area (Å²) in [5.41, 5.74) is 1.17. The monoisotopic (exact) mass is 273 g/mol. The van der Waals surface area contributed by atoms with Gasteiger partial charge in [-0.15, -0.1) is 0 Å². The van der Waals surface area contributed by atoms with Crippen LogP contribution in [0.2, 0.25) is 0 Å². The molecule has 108 valence electrons. The van der Waals surface area contributed by atoms with Crippen molar-refractivity contribution in [1.82, 2.24) is 5.32 Å². The Balaban J connectivity index is 2.23. The van der Waals surface area contributed by atoms with Gasteiger partial charge in [0, 0.05) is 12.6 Å². The molecule has 0 bridgehead atoms. The number of hydrogen-bond donors (Lipinski definition) is 2. The standard InChI is InChI=1S/C17H23NO2/c1-13(2)15(10-11-19)18-17(16-9-6-12-20-16)14-7-4-3-5-8-14/h3-9,12-13,15,17-19H,10-11H2,1-2H3. The second-order valence-corrected chi connectivity index (χ2v) is 5.39. The van der Waals surface area contributed by atoms with Gasteiger partial charge >= 0.3 is 0 Å². The summed E-state index contributed by atoms with van der Waals surface area (Å²) in [4.78, 5) is 0. The van der Waals surface area contributed by atoms with Crippen LogP contribution in [0, 0.1) is 5.92 Å². The lowest BCUT2D eigenvalue weighted by Gasteiger charge is -2.27. The molecule has 0 aliphatic heterocycles. The maximum absolute atomic E-state index is 9.24. The normalized spacial score (nSPS) is 14.4. The van der Waals surface area contributed by atoms with Crippen LogP contribution in [0.3, 0.4) is 0 Å². The molecular weight excluding hydrogens is 250 g/mol. The Morgan fingerprint density at radius 2 is 1.85 bits per heavy atom. The number of hydrogen-bond acceptors (Lipinski definition) is 3. The van der Waals surface area contributed by atoms with Crippen LogP contribution in [-0.4, -0.2) is 17.8 Å². The molecule has 1 aromatic carbocycles. The average molecular weight is 273 g/mol. The summed E-state index contributed by atoms with van der Waals surface area (Å²) in [6.07, 6.45) is 2.44. The molecule has 2 N–H and O–H groups in total. The van der Waals surface area contributed by atoms with E-state index in [-0.39, 0.29) is 18.7 Å². The first-order valence-electron chi connectivity index (χ1n) is 7.17. The van der Waals surface area contributed by atoms with Gasteiger partial charge in [0.1, 0.15) is 5.76 Å². The Morgan fingerprint density at radius 1 is 1.10 bits per heavy atom. The zero-order chi connectivity index (χ0) is 14.4.